The van der Waals surface area contributed by atoms with E-state index in [1.54, 1.807) is 12.1 Å². The standard InChI is InChI=1S/C19H20N2O/c1-15(18-5-3-2-4-6-18)14-21-19(22)12-11-16-7-9-17(13-20)10-8-16/h2-10,15H,11-12,14H2,1H3,(H,21,22). The SMILES string of the molecule is CC(CNC(=O)CCc1ccc(C#N)cc1)c1ccccc1. The van der Waals surface area contributed by atoms with Gasteiger partial charge in [0.2, 0.25) is 5.91 Å². The van der Waals surface area contributed by atoms with Gasteiger partial charge in [0.1, 0.15) is 0 Å². The zero-order chi connectivity index (χ0) is 15.8. The van der Waals surface area contributed by atoms with Gasteiger partial charge < -0.3 is 5.32 Å². The van der Waals surface area contributed by atoms with Gasteiger partial charge in [-0.3, -0.25) is 4.79 Å². The Balaban J connectivity index is 1.75. The van der Waals surface area contributed by atoms with Gasteiger partial charge in [0.15, 0.2) is 0 Å². The van der Waals surface area contributed by atoms with Gasteiger partial charge in [0.25, 0.3) is 0 Å². The third-order valence-electron chi connectivity index (χ3n) is 3.70. The first-order chi connectivity index (χ1) is 10.7. The van der Waals surface area contributed by atoms with Crippen molar-refractivity contribution in [1.82, 2.24) is 5.32 Å². The molecule has 0 bridgehead atoms. The highest BCUT2D eigenvalue weighted by Crippen LogP contribution is 2.13. The Kier molecular flexibility index (Phi) is 5.73. The second-order valence-electron chi connectivity index (χ2n) is 5.42. The van der Waals surface area contributed by atoms with E-state index < -0.39 is 0 Å². The van der Waals surface area contributed by atoms with Gasteiger partial charge in [-0.05, 0) is 35.6 Å². The number of benzene rings is 2. The molecule has 0 aromatic heterocycles. The molecule has 1 N–H and O–H groups in total. The number of carbonyl (C=O) groups is 1. The maximum atomic E-state index is 11.9. The predicted molar refractivity (Wildman–Crippen MR) is 87.3 cm³/mol. The second-order valence-corrected chi connectivity index (χ2v) is 5.42. The molecule has 0 radical (unpaired) electrons. The van der Waals surface area contributed by atoms with E-state index in [0.717, 1.165) is 5.56 Å². The van der Waals surface area contributed by atoms with Crippen LogP contribution >= 0.6 is 0 Å². The highest BCUT2D eigenvalue weighted by Gasteiger charge is 2.07. The van der Waals surface area contributed by atoms with Crippen LogP contribution in [-0.2, 0) is 11.2 Å². The third-order valence-corrected chi connectivity index (χ3v) is 3.70. The van der Waals surface area contributed by atoms with Crippen LogP contribution in [0, 0.1) is 11.3 Å². The van der Waals surface area contributed by atoms with Gasteiger partial charge in [0.05, 0.1) is 11.6 Å². The minimum absolute atomic E-state index is 0.0622. The molecule has 0 aliphatic heterocycles. The quantitative estimate of drug-likeness (QED) is 0.887. The molecule has 1 amide bonds. The number of hydrogen-bond acceptors (Lipinski definition) is 2. The summed E-state index contributed by atoms with van der Waals surface area (Å²) >= 11 is 0. The first-order valence-corrected chi connectivity index (χ1v) is 7.49. The van der Waals surface area contributed by atoms with Gasteiger partial charge >= 0.3 is 0 Å². The molecule has 0 fully saturated rings. The van der Waals surface area contributed by atoms with Crippen LogP contribution in [0.3, 0.4) is 0 Å². The smallest absolute Gasteiger partial charge is 0.220 e. The Morgan fingerprint density at radius 2 is 1.82 bits per heavy atom. The molecule has 2 aromatic rings. The van der Waals surface area contributed by atoms with Crippen LogP contribution < -0.4 is 5.32 Å². The minimum atomic E-state index is 0.0622. The zero-order valence-corrected chi connectivity index (χ0v) is 12.8. The summed E-state index contributed by atoms with van der Waals surface area (Å²) in [5.74, 6) is 0.368. The number of nitrogens with one attached hydrogen (secondary N) is 1. The molecule has 3 heteroatoms. The van der Waals surface area contributed by atoms with Crippen LogP contribution in [-0.4, -0.2) is 12.5 Å². The lowest BCUT2D eigenvalue weighted by molar-refractivity contribution is -0.121. The van der Waals surface area contributed by atoms with Crippen LogP contribution in [0.25, 0.3) is 0 Å². The fourth-order valence-corrected chi connectivity index (χ4v) is 2.26. The number of carbonyl (C=O) groups excluding carboxylic acids is 1. The monoisotopic (exact) mass is 292 g/mol. The summed E-state index contributed by atoms with van der Waals surface area (Å²) in [6.45, 7) is 2.76. The van der Waals surface area contributed by atoms with Crippen LogP contribution in [0.4, 0.5) is 0 Å². The average Bonchev–Trinajstić information content (AvgIpc) is 2.59. The molecule has 1 atom stereocenters. The van der Waals surface area contributed by atoms with E-state index in [1.807, 2.05) is 30.3 Å². The summed E-state index contributed by atoms with van der Waals surface area (Å²) in [5.41, 5.74) is 2.95. The molecule has 0 saturated carbocycles. The molecular weight excluding hydrogens is 272 g/mol. The van der Waals surface area contributed by atoms with Crippen LogP contribution in [0.1, 0.15) is 36.0 Å². The van der Waals surface area contributed by atoms with Crippen molar-refractivity contribution in [1.29, 1.82) is 5.26 Å². The summed E-state index contributed by atoms with van der Waals surface area (Å²) < 4.78 is 0. The van der Waals surface area contributed by atoms with Crippen molar-refractivity contribution in [3.05, 3.63) is 71.3 Å². The Labute approximate surface area is 131 Å². The molecule has 0 spiro atoms. The summed E-state index contributed by atoms with van der Waals surface area (Å²) in [5, 5.41) is 11.7. The van der Waals surface area contributed by atoms with E-state index in [9.17, 15) is 4.79 Å². The number of aryl methyl sites for hydroxylation is 1. The molecule has 112 valence electrons. The summed E-state index contributed by atoms with van der Waals surface area (Å²) in [6.07, 6.45) is 1.16. The number of amides is 1. The summed E-state index contributed by atoms with van der Waals surface area (Å²) in [6, 6.07) is 19.6. The number of hydrogen-bond donors (Lipinski definition) is 1. The van der Waals surface area contributed by atoms with E-state index in [4.69, 9.17) is 5.26 Å². The summed E-state index contributed by atoms with van der Waals surface area (Å²) in [7, 11) is 0. The average molecular weight is 292 g/mol. The largest absolute Gasteiger partial charge is 0.355 e. The van der Waals surface area contributed by atoms with Crippen molar-refractivity contribution in [2.24, 2.45) is 0 Å². The first-order valence-electron chi connectivity index (χ1n) is 7.49. The van der Waals surface area contributed by atoms with E-state index in [-0.39, 0.29) is 5.91 Å². The fraction of sp³-hybridized carbons (Fsp3) is 0.263. The molecule has 1 unspecified atom stereocenters. The van der Waals surface area contributed by atoms with Crippen LogP contribution in [0.5, 0.6) is 0 Å². The molecule has 3 nitrogen and oxygen atoms in total. The van der Waals surface area contributed by atoms with E-state index in [2.05, 4.69) is 30.4 Å². The van der Waals surface area contributed by atoms with Crippen LogP contribution in [0.15, 0.2) is 54.6 Å². The molecule has 2 rings (SSSR count). The van der Waals surface area contributed by atoms with E-state index >= 15 is 0 Å². The Morgan fingerprint density at radius 3 is 2.45 bits per heavy atom. The zero-order valence-electron chi connectivity index (χ0n) is 12.8. The molecular formula is C19H20N2O. The van der Waals surface area contributed by atoms with Crippen molar-refractivity contribution < 1.29 is 4.79 Å². The Hall–Kier alpha value is -2.60. The first kappa shape index (κ1) is 15.8. The van der Waals surface area contributed by atoms with Crippen molar-refractivity contribution in [3.63, 3.8) is 0 Å². The second kappa shape index (κ2) is 7.99. The van der Waals surface area contributed by atoms with Crippen molar-refractivity contribution in [2.75, 3.05) is 6.54 Å². The maximum Gasteiger partial charge on any atom is 0.220 e. The predicted octanol–water partition coefficient (Wildman–Crippen LogP) is 3.41. The number of nitrogens with zero attached hydrogens (tertiary/aromatic N) is 1. The third kappa shape index (κ3) is 4.75. The Bertz CT molecular complexity index is 641. The molecule has 22 heavy (non-hydrogen) atoms. The maximum absolute atomic E-state index is 11.9. The van der Waals surface area contributed by atoms with E-state index in [1.165, 1.54) is 5.56 Å². The van der Waals surface area contributed by atoms with Gasteiger partial charge in [-0.15, -0.1) is 0 Å². The lowest BCUT2D eigenvalue weighted by Gasteiger charge is -2.13. The minimum Gasteiger partial charge on any atom is -0.355 e. The van der Waals surface area contributed by atoms with Gasteiger partial charge in [-0.2, -0.15) is 5.26 Å². The molecule has 0 heterocycles. The molecule has 0 aliphatic carbocycles. The van der Waals surface area contributed by atoms with Gasteiger partial charge in [-0.1, -0.05) is 49.4 Å². The van der Waals surface area contributed by atoms with E-state index in [0.29, 0.717) is 30.9 Å². The number of nitriles is 1. The molecule has 0 saturated heterocycles. The lowest BCUT2D eigenvalue weighted by Crippen LogP contribution is -2.27. The molecule has 2 aromatic carbocycles. The van der Waals surface area contributed by atoms with Gasteiger partial charge in [0, 0.05) is 13.0 Å². The van der Waals surface area contributed by atoms with Crippen molar-refractivity contribution >= 4 is 5.91 Å². The Morgan fingerprint density at radius 1 is 1.14 bits per heavy atom. The summed E-state index contributed by atoms with van der Waals surface area (Å²) in [4.78, 5) is 11.9. The topological polar surface area (TPSA) is 52.9 Å². The highest BCUT2D eigenvalue weighted by molar-refractivity contribution is 5.76. The normalized spacial score (nSPS) is 11.5. The van der Waals surface area contributed by atoms with Crippen molar-refractivity contribution in [3.8, 4) is 6.07 Å². The lowest BCUT2D eigenvalue weighted by atomic mass is 10.0. The highest BCUT2D eigenvalue weighted by atomic mass is 16.1. The molecule has 0 aliphatic rings. The van der Waals surface area contributed by atoms with Gasteiger partial charge in [-0.25, -0.2) is 0 Å². The fourth-order valence-electron chi connectivity index (χ4n) is 2.26. The van der Waals surface area contributed by atoms with Crippen molar-refractivity contribution in [2.45, 2.75) is 25.7 Å². The number of rotatable bonds is 6. The van der Waals surface area contributed by atoms with Crippen LogP contribution in [0.2, 0.25) is 0 Å².